The summed E-state index contributed by atoms with van der Waals surface area (Å²) in [5, 5.41) is 0. The normalized spacial score (nSPS) is 21.5. The summed E-state index contributed by atoms with van der Waals surface area (Å²) in [5.74, 6) is 0.952. The van der Waals surface area contributed by atoms with Crippen LogP contribution in [-0.2, 0) is 0 Å². The van der Waals surface area contributed by atoms with Crippen LogP contribution in [0.1, 0.15) is 61.7 Å². The summed E-state index contributed by atoms with van der Waals surface area (Å²) >= 11 is 0. The average Bonchev–Trinajstić information content (AvgIpc) is 3.00. The van der Waals surface area contributed by atoms with Gasteiger partial charge in [-0.25, -0.2) is 0 Å². The Hall–Kier alpha value is -1.81. The van der Waals surface area contributed by atoms with Crippen molar-refractivity contribution in [3.05, 3.63) is 42.5 Å². The second-order valence-corrected chi connectivity index (χ2v) is 7.82. The number of benzene rings is 1. The van der Waals surface area contributed by atoms with Gasteiger partial charge < -0.3 is 14.5 Å². The molecule has 4 heteroatoms. The quantitative estimate of drug-likeness (QED) is 0.662. The zero-order chi connectivity index (χ0) is 18.9. The molecular weight excluding hydrogens is 336 g/mol. The smallest absolute Gasteiger partial charge is 0.254 e. The molecule has 2 fully saturated rings. The van der Waals surface area contributed by atoms with Gasteiger partial charge in [0.1, 0.15) is 12.4 Å². The molecule has 2 aliphatic rings. The second kappa shape index (κ2) is 10.5. The first-order valence-electron chi connectivity index (χ1n) is 10.6. The van der Waals surface area contributed by atoms with Crippen molar-refractivity contribution in [1.82, 2.24) is 9.80 Å². The predicted molar refractivity (Wildman–Crippen MR) is 110 cm³/mol. The van der Waals surface area contributed by atoms with E-state index >= 15 is 0 Å². The molecule has 2 heterocycles. The highest BCUT2D eigenvalue weighted by molar-refractivity contribution is 5.94. The molecule has 2 saturated heterocycles. The summed E-state index contributed by atoms with van der Waals surface area (Å²) in [6.45, 7) is 8.62. The van der Waals surface area contributed by atoms with Gasteiger partial charge in [0, 0.05) is 24.7 Å². The lowest BCUT2D eigenvalue weighted by Crippen LogP contribution is -2.45. The number of rotatable bonds is 7. The first kappa shape index (κ1) is 19.9. The van der Waals surface area contributed by atoms with Crippen LogP contribution in [-0.4, -0.2) is 54.5 Å². The number of hydrogen-bond acceptors (Lipinski definition) is 3. The molecule has 27 heavy (non-hydrogen) atoms. The van der Waals surface area contributed by atoms with E-state index < -0.39 is 0 Å². The van der Waals surface area contributed by atoms with Crippen molar-refractivity contribution in [3.8, 4) is 5.75 Å². The average molecular weight is 371 g/mol. The molecule has 0 N–H and O–H groups in total. The van der Waals surface area contributed by atoms with E-state index in [0.29, 0.717) is 12.6 Å². The topological polar surface area (TPSA) is 32.8 Å². The van der Waals surface area contributed by atoms with Crippen LogP contribution in [0.2, 0.25) is 0 Å². The fraction of sp³-hybridized carbons (Fsp3) is 0.609. The summed E-state index contributed by atoms with van der Waals surface area (Å²) < 4.78 is 5.52. The number of hydrogen-bond donors (Lipinski definition) is 0. The molecule has 0 unspecified atom stereocenters. The molecule has 4 nitrogen and oxygen atoms in total. The van der Waals surface area contributed by atoms with E-state index in [4.69, 9.17) is 4.74 Å². The van der Waals surface area contributed by atoms with Crippen LogP contribution in [0.5, 0.6) is 5.75 Å². The zero-order valence-electron chi connectivity index (χ0n) is 16.6. The van der Waals surface area contributed by atoms with Gasteiger partial charge in [0.05, 0.1) is 0 Å². The van der Waals surface area contributed by atoms with E-state index in [1.165, 1.54) is 45.2 Å². The number of carbonyl (C=O) groups is 1. The number of ether oxygens (including phenoxy) is 1. The zero-order valence-corrected chi connectivity index (χ0v) is 16.6. The maximum absolute atomic E-state index is 13.1. The van der Waals surface area contributed by atoms with Crippen LogP contribution in [0.4, 0.5) is 0 Å². The van der Waals surface area contributed by atoms with Gasteiger partial charge in [0.2, 0.25) is 0 Å². The number of likely N-dealkylation sites (tertiary alicyclic amines) is 2. The third kappa shape index (κ3) is 5.83. The Morgan fingerprint density at radius 3 is 2.44 bits per heavy atom. The minimum atomic E-state index is 0.172. The van der Waals surface area contributed by atoms with Gasteiger partial charge in [-0.1, -0.05) is 25.5 Å². The van der Waals surface area contributed by atoms with E-state index in [2.05, 4.69) is 16.4 Å². The van der Waals surface area contributed by atoms with Crippen LogP contribution >= 0.6 is 0 Å². The number of amides is 1. The Labute approximate surface area is 164 Å². The molecule has 1 aromatic carbocycles. The minimum Gasteiger partial charge on any atom is -0.490 e. The maximum Gasteiger partial charge on any atom is 0.254 e. The third-order valence-corrected chi connectivity index (χ3v) is 5.83. The molecule has 1 aromatic rings. The Morgan fingerprint density at radius 1 is 1.04 bits per heavy atom. The maximum atomic E-state index is 13.1. The van der Waals surface area contributed by atoms with E-state index in [1.54, 1.807) is 6.08 Å². The van der Waals surface area contributed by atoms with Crippen molar-refractivity contribution in [2.45, 2.75) is 57.4 Å². The van der Waals surface area contributed by atoms with E-state index in [1.807, 2.05) is 24.3 Å². The van der Waals surface area contributed by atoms with Gasteiger partial charge in [-0.2, -0.15) is 0 Å². The van der Waals surface area contributed by atoms with Crippen molar-refractivity contribution in [2.24, 2.45) is 0 Å². The highest BCUT2D eigenvalue weighted by Gasteiger charge is 2.27. The summed E-state index contributed by atoms with van der Waals surface area (Å²) in [5.41, 5.74) is 0.766. The summed E-state index contributed by atoms with van der Waals surface area (Å²) in [4.78, 5) is 17.8. The molecule has 2 aliphatic heterocycles. The van der Waals surface area contributed by atoms with Gasteiger partial charge in [-0.15, -0.1) is 0 Å². The highest BCUT2D eigenvalue weighted by Crippen LogP contribution is 2.24. The lowest BCUT2D eigenvalue weighted by Gasteiger charge is -2.37. The summed E-state index contributed by atoms with van der Waals surface area (Å²) in [6, 6.07) is 7.92. The number of carbonyl (C=O) groups excluding carboxylic acids is 1. The van der Waals surface area contributed by atoms with Crippen molar-refractivity contribution in [2.75, 3.05) is 32.8 Å². The number of nitrogens with zero attached hydrogens (tertiary/aromatic N) is 2. The van der Waals surface area contributed by atoms with Gasteiger partial charge in [-0.3, -0.25) is 4.79 Å². The molecule has 0 spiro atoms. The van der Waals surface area contributed by atoms with E-state index in [0.717, 1.165) is 43.7 Å². The summed E-state index contributed by atoms with van der Waals surface area (Å²) in [7, 11) is 0. The summed E-state index contributed by atoms with van der Waals surface area (Å²) in [6.07, 6.45) is 11.7. The van der Waals surface area contributed by atoms with Gasteiger partial charge >= 0.3 is 0 Å². The molecule has 0 aromatic heterocycles. The van der Waals surface area contributed by atoms with Crippen LogP contribution in [0.15, 0.2) is 36.9 Å². The molecule has 148 valence electrons. The minimum absolute atomic E-state index is 0.172. The van der Waals surface area contributed by atoms with E-state index in [-0.39, 0.29) is 5.91 Å². The Bertz CT molecular complexity index is 591. The SMILES string of the molecule is C=CCOc1ccc(C(=O)N2CCCC[C@H]2CCN2CCCCCC2)cc1. The first-order chi connectivity index (χ1) is 13.3. The molecule has 0 aliphatic carbocycles. The Morgan fingerprint density at radius 2 is 1.74 bits per heavy atom. The molecule has 0 bridgehead atoms. The van der Waals surface area contributed by atoms with Crippen LogP contribution in [0.25, 0.3) is 0 Å². The van der Waals surface area contributed by atoms with E-state index in [9.17, 15) is 4.79 Å². The van der Waals surface area contributed by atoms with Gasteiger partial charge in [0.15, 0.2) is 0 Å². The highest BCUT2D eigenvalue weighted by atomic mass is 16.5. The van der Waals surface area contributed by atoms with Crippen molar-refractivity contribution in [3.63, 3.8) is 0 Å². The first-order valence-corrected chi connectivity index (χ1v) is 10.6. The molecule has 0 radical (unpaired) electrons. The standard InChI is InChI=1S/C23H34N2O2/c1-2-19-27-22-12-10-20(11-13-22)23(26)25-17-8-5-9-21(25)14-18-24-15-6-3-4-7-16-24/h2,10-13,21H,1,3-9,14-19H2/t21-/m0/s1. The van der Waals surface area contributed by atoms with Crippen LogP contribution in [0, 0.1) is 0 Å². The molecule has 1 atom stereocenters. The molecule has 1 amide bonds. The molecule has 3 rings (SSSR count). The molecular formula is C23H34N2O2. The van der Waals surface area contributed by atoms with Gasteiger partial charge in [-0.05, 0) is 75.9 Å². The Kier molecular flexibility index (Phi) is 7.76. The molecule has 0 saturated carbocycles. The Balaban J connectivity index is 1.58. The van der Waals surface area contributed by atoms with Crippen LogP contribution < -0.4 is 4.74 Å². The lowest BCUT2D eigenvalue weighted by molar-refractivity contribution is 0.0584. The largest absolute Gasteiger partial charge is 0.490 e. The number of piperidine rings is 1. The van der Waals surface area contributed by atoms with Crippen molar-refractivity contribution in [1.29, 1.82) is 0 Å². The van der Waals surface area contributed by atoms with Gasteiger partial charge in [0.25, 0.3) is 5.91 Å². The van der Waals surface area contributed by atoms with Crippen molar-refractivity contribution >= 4 is 5.91 Å². The van der Waals surface area contributed by atoms with Crippen LogP contribution in [0.3, 0.4) is 0 Å². The monoisotopic (exact) mass is 370 g/mol. The fourth-order valence-corrected chi connectivity index (χ4v) is 4.27. The van der Waals surface area contributed by atoms with Crippen molar-refractivity contribution < 1.29 is 9.53 Å². The third-order valence-electron chi connectivity index (χ3n) is 5.83. The fourth-order valence-electron chi connectivity index (χ4n) is 4.27. The second-order valence-electron chi connectivity index (χ2n) is 7.82. The predicted octanol–water partition coefficient (Wildman–Crippen LogP) is 4.51. The lowest BCUT2D eigenvalue weighted by atomic mass is 9.97.